The van der Waals surface area contributed by atoms with Crippen molar-refractivity contribution in [1.82, 2.24) is 0 Å². The maximum absolute atomic E-state index is 2.32. The third-order valence-electron chi connectivity index (χ3n) is 1.57. The highest BCUT2D eigenvalue weighted by atomic mass is 14.0. The van der Waals surface area contributed by atoms with Gasteiger partial charge in [0.15, 0.2) is 0 Å². The number of hydrogen-bond acceptors (Lipinski definition) is 0. The Balaban J connectivity index is 3.10. The van der Waals surface area contributed by atoms with E-state index in [-0.39, 0.29) is 0 Å². The molecule has 2 atom stereocenters. The predicted octanol–water partition coefficient (Wildman–Crippen LogP) is 0.505. The van der Waals surface area contributed by atoms with Gasteiger partial charge in [0.1, 0.15) is 15.7 Å². The summed E-state index contributed by atoms with van der Waals surface area (Å²) < 4.78 is 0. The standard InChI is InChI=1S/C6H16B2/c1-5(4-7)3-6(2)8/h5-6H,3-4,7-8H2,1-2H3. The molecule has 0 aliphatic heterocycles. The van der Waals surface area contributed by atoms with Crippen LogP contribution in [-0.2, 0) is 0 Å². The van der Waals surface area contributed by atoms with Crippen LogP contribution in [0.1, 0.15) is 20.3 Å². The topological polar surface area (TPSA) is 0 Å². The van der Waals surface area contributed by atoms with E-state index >= 15 is 0 Å². The van der Waals surface area contributed by atoms with Crippen LogP contribution >= 0.6 is 0 Å². The van der Waals surface area contributed by atoms with Crippen LogP contribution in [0.5, 0.6) is 0 Å². The normalized spacial score (nSPS) is 17.8. The molecule has 0 heterocycles. The summed E-state index contributed by atoms with van der Waals surface area (Å²) in [4.78, 5) is 0. The highest BCUT2D eigenvalue weighted by Gasteiger charge is 2.00. The van der Waals surface area contributed by atoms with Gasteiger partial charge in [-0.3, -0.25) is 0 Å². The quantitative estimate of drug-likeness (QED) is 0.464. The Morgan fingerprint density at radius 2 is 1.88 bits per heavy atom. The molecule has 0 aromatic rings. The molecule has 46 valence electrons. The lowest BCUT2D eigenvalue weighted by molar-refractivity contribution is 0.575. The van der Waals surface area contributed by atoms with E-state index in [4.69, 9.17) is 0 Å². The molecule has 0 saturated heterocycles. The van der Waals surface area contributed by atoms with Gasteiger partial charge in [-0.1, -0.05) is 38.3 Å². The van der Waals surface area contributed by atoms with Crippen molar-refractivity contribution in [3.8, 4) is 0 Å². The Bertz CT molecular complexity index is 52.5. The van der Waals surface area contributed by atoms with Gasteiger partial charge in [0.05, 0.1) is 0 Å². The van der Waals surface area contributed by atoms with Crippen molar-refractivity contribution in [3.05, 3.63) is 0 Å². The van der Waals surface area contributed by atoms with E-state index in [0.717, 1.165) is 11.7 Å². The van der Waals surface area contributed by atoms with E-state index in [0.29, 0.717) is 0 Å². The van der Waals surface area contributed by atoms with E-state index in [9.17, 15) is 0 Å². The average molecular weight is 110 g/mol. The van der Waals surface area contributed by atoms with Gasteiger partial charge in [-0.05, 0) is 0 Å². The smallest absolute Gasteiger partial charge is 0.0786 e. The van der Waals surface area contributed by atoms with Crippen LogP contribution in [0.3, 0.4) is 0 Å². The molecule has 0 spiro atoms. The molecule has 2 heteroatoms. The summed E-state index contributed by atoms with van der Waals surface area (Å²) in [5, 5.41) is 0. The molecule has 0 aliphatic rings. The molecule has 8 heavy (non-hydrogen) atoms. The van der Waals surface area contributed by atoms with Gasteiger partial charge in [0.2, 0.25) is 0 Å². The minimum Gasteiger partial charge on any atom is -0.0786 e. The van der Waals surface area contributed by atoms with Crippen LogP contribution < -0.4 is 0 Å². The molecule has 2 unspecified atom stereocenters. The van der Waals surface area contributed by atoms with E-state index < -0.39 is 0 Å². The lowest BCUT2D eigenvalue weighted by atomic mass is 9.78. The first-order chi connectivity index (χ1) is 3.66. The highest BCUT2D eigenvalue weighted by molar-refractivity contribution is 6.11. The summed E-state index contributed by atoms with van der Waals surface area (Å²) in [5.74, 6) is 1.81. The maximum atomic E-state index is 2.32. The Hall–Kier alpha value is 0.130. The Morgan fingerprint density at radius 3 is 2.00 bits per heavy atom. The second kappa shape index (κ2) is 4.05. The third-order valence-corrected chi connectivity index (χ3v) is 1.57. The molecule has 0 rings (SSSR count). The lowest BCUT2D eigenvalue weighted by Gasteiger charge is -2.09. The summed E-state index contributed by atoms with van der Waals surface area (Å²) >= 11 is 0. The summed E-state index contributed by atoms with van der Waals surface area (Å²) in [6.07, 6.45) is 2.72. The van der Waals surface area contributed by atoms with E-state index in [1.807, 2.05) is 0 Å². The minimum atomic E-state index is 0.880. The average Bonchev–Trinajstić information content (AvgIpc) is 1.65. The summed E-state index contributed by atoms with van der Waals surface area (Å²) in [7, 11) is 4.54. The largest absolute Gasteiger partial charge is 0.105 e. The molecular weight excluding hydrogens is 93.7 g/mol. The second-order valence-corrected chi connectivity index (χ2v) is 3.14. The van der Waals surface area contributed by atoms with Crippen molar-refractivity contribution in [1.29, 1.82) is 0 Å². The van der Waals surface area contributed by atoms with Crippen molar-refractivity contribution in [2.24, 2.45) is 5.92 Å². The second-order valence-electron chi connectivity index (χ2n) is 3.14. The van der Waals surface area contributed by atoms with Crippen LogP contribution in [0.15, 0.2) is 0 Å². The Kier molecular flexibility index (Phi) is 4.12. The Morgan fingerprint density at radius 1 is 1.38 bits per heavy atom. The fourth-order valence-electron chi connectivity index (χ4n) is 0.971. The zero-order chi connectivity index (χ0) is 6.57. The first kappa shape index (κ1) is 8.13. The summed E-state index contributed by atoms with van der Waals surface area (Å²) in [6.45, 7) is 4.60. The lowest BCUT2D eigenvalue weighted by Crippen LogP contribution is -1.96. The van der Waals surface area contributed by atoms with Gasteiger partial charge >= 0.3 is 0 Å². The van der Waals surface area contributed by atoms with Gasteiger partial charge in [-0.2, -0.15) is 0 Å². The minimum absolute atomic E-state index is 0.880. The fraction of sp³-hybridized carbons (Fsp3) is 1.00. The molecule has 0 N–H and O–H groups in total. The molecular formula is C6H16B2. The summed E-state index contributed by atoms with van der Waals surface area (Å²) in [5.41, 5.74) is 0. The Labute approximate surface area is 54.9 Å². The molecule has 0 nitrogen and oxygen atoms in total. The molecule has 0 saturated carbocycles. The molecule has 0 amide bonds. The van der Waals surface area contributed by atoms with Crippen molar-refractivity contribution in [2.75, 3.05) is 0 Å². The molecule has 0 aliphatic carbocycles. The van der Waals surface area contributed by atoms with Crippen molar-refractivity contribution >= 4 is 15.7 Å². The van der Waals surface area contributed by atoms with Gasteiger partial charge in [0.25, 0.3) is 0 Å². The number of rotatable bonds is 3. The monoisotopic (exact) mass is 110 g/mol. The first-order valence-electron chi connectivity index (χ1n) is 3.66. The zero-order valence-corrected chi connectivity index (χ0v) is 6.57. The van der Waals surface area contributed by atoms with Gasteiger partial charge in [-0.25, -0.2) is 0 Å². The predicted molar refractivity (Wildman–Crippen MR) is 45.1 cm³/mol. The van der Waals surface area contributed by atoms with E-state index in [1.54, 1.807) is 0 Å². The maximum Gasteiger partial charge on any atom is 0.105 e. The first-order valence-corrected chi connectivity index (χ1v) is 3.66. The molecule has 0 bridgehead atoms. The molecule has 0 fully saturated rings. The SMILES string of the molecule is BCC(C)CC(B)C. The van der Waals surface area contributed by atoms with Crippen LogP contribution in [0.2, 0.25) is 12.1 Å². The van der Waals surface area contributed by atoms with Gasteiger partial charge < -0.3 is 0 Å². The van der Waals surface area contributed by atoms with Gasteiger partial charge in [-0.15, -0.1) is 0 Å². The van der Waals surface area contributed by atoms with Crippen LogP contribution in [0.25, 0.3) is 0 Å². The molecule has 0 aromatic carbocycles. The van der Waals surface area contributed by atoms with Crippen molar-refractivity contribution in [2.45, 2.75) is 32.4 Å². The number of hydrogen-bond donors (Lipinski definition) is 0. The van der Waals surface area contributed by atoms with Gasteiger partial charge in [0, 0.05) is 0 Å². The van der Waals surface area contributed by atoms with Crippen molar-refractivity contribution < 1.29 is 0 Å². The molecule has 0 radical (unpaired) electrons. The fourth-order valence-corrected chi connectivity index (χ4v) is 0.971. The van der Waals surface area contributed by atoms with Crippen molar-refractivity contribution in [3.63, 3.8) is 0 Å². The van der Waals surface area contributed by atoms with Crippen LogP contribution in [0.4, 0.5) is 0 Å². The zero-order valence-electron chi connectivity index (χ0n) is 6.57. The van der Waals surface area contributed by atoms with E-state index in [1.165, 1.54) is 12.7 Å². The van der Waals surface area contributed by atoms with Crippen LogP contribution in [-0.4, -0.2) is 15.7 Å². The van der Waals surface area contributed by atoms with E-state index in [2.05, 4.69) is 29.5 Å². The summed E-state index contributed by atoms with van der Waals surface area (Å²) in [6, 6.07) is 0. The highest BCUT2D eigenvalue weighted by Crippen LogP contribution is 2.14. The molecule has 0 aromatic heterocycles. The van der Waals surface area contributed by atoms with Crippen LogP contribution in [0, 0.1) is 5.92 Å². The third kappa shape index (κ3) is 4.29.